The number of hydrogen-bond acceptors (Lipinski definition) is 8. The zero-order valence-electron chi connectivity index (χ0n) is 16.2. The van der Waals surface area contributed by atoms with E-state index in [1.165, 1.54) is 0 Å². The summed E-state index contributed by atoms with van der Waals surface area (Å²) >= 11 is 0. The Bertz CT molecular complexity index is 482. The summed E-state index contributed by atoms with van der Waals surface area (Å²) in [6, 6.07) is 0. The number of carboxylic acids is 1. The number of aliphatic carboxylic acids is 1. The number of quaternary nitrogens is 1. The number of carboxylic acid groups (broad SMARTS) is 1. The Morgan fingerprint density at radius 2 is 1.52 bits per heavy atom. The van der Waals surface area contributed by atoms with E-state index in [1.807, 2.05) is 21.1 Å². The Hall–Kier alpha value is -1.07. The molecule has 1 atom stereocenters. The van der Waals surface area contributed by atoms with Crippen LogP contribution in [0.5, 0.6) is 0 Å². The van der Waals surface area contributed by atoms with Crippen molar-refractivity contribution in [2.24, 2.45) is 0 Å². The summed E-state index contributed by atoms with van der Waals surface area (Å²) < 4.78 is 31.8. The quantitative estimate of drug-likeness (QED) is 0.178. The Balaban J connectivity index is 3.47. The minimum atomic E-state index is -4.32. The van der Waals surface area contributed by atoms with Crippen molar-refractivity contribution in [2.75, 3.05) is 73.9 Å². The van der Waals surface area contributed by atoms with Crippen molar-refractivity contribution in [2.45, 2.75) is 12.8 Å². The lowest BCUT2D eigenvalue weighted by Gasteiger charge is -2.27. The second-order valence-corrected chi connectivity index (χ2v) is 8.01. The maximum atomic E-state index is 11.5. The molecule has 12 heteroatoms. The maximum absolute atomic E-state index is 11.5. The van der Waals surface area contributed by atoms with Crippen LogP contribution >= 0.6 is 7.82 Å². The van der Waals surface area contributed by atoms with Gasteiger partial charge in [0.2, 0.25) is 5.91 Å². The molecule has 0 bridgehead atoms. The van der Waals surface area contributed by atoms with Crippen molar-refractivity contribution in [3.05, 3.63) is 0 Å². The Morgan fingerprint density at radius 1 is 0.963 bits per heavy atom. The van der Waals surface area contributed by atoms with E-state index in [-0.39, 0.29) is 64.9 Å². The van der Waals surface area contributed by atoms with Gasteiger partial charge in [-0.25, -0.2) is 0 Å². The summed E-state index contributed by atoms with van der Waals surface area (Å²) in [5.74, 6) is -1.37. The monoisotopic (exact) mass is 414 g/mol. The summed E-state index contributed by atoms with van der Waals surface area (Å²) in [4.78, 5) is 33.0. The highest BCUT2D eigenvalue weighted by Gasteiger charge is 2.13. The molecule has 27 heavy (non-hydrogen) atoms. The van der Waals surface area contributed by atoms with Crippen molar-refractivity contribution < 1.29 is 47.2 Å². The SMILES string of the molecule is C[N+](C)(C)CCOP(=O)([O-])OCCOCCOCCNC(=O)CCC(=O)O. The first-order valence-corrected chi connectivity index (χ1v) is 10.0. The van der Waals surface area contributed by atoms with Gasteiger partial charge in [-0.15, -0.1) is 0 Å². The van der Waals surface area contributed by atoms with E-state index in [4.69, 9.17) is 19.1 Å². The van der Waals surface area contributed by atoms with Gasteiger partial charge in [0.15, 0.2) is 0 Å². The number of carbonyl (C=O) groups excluding carboxylic acids is 1. The number of ether oxygens (including phenoxy) is 2. The Labute approximate surface area is 159 Å². The highest BCUT2D eigenvalue weighted by Crippen LogP contribution is 2.37. The zero-order valence-corrected chi connectivity index (χ0v) is 17.1. The Kier molecular flexibility index (Phi) is 13.4. The van der Waals surface area contributed by atoms with Crippen LogP contribution in [-0.4, -0.2) is 95.3 Å². The molecule has 0 aromatic rings. The number of rotatable bonds is 17. The topological polar surface area (TPSA) is 143 Å². The summed E-state index contributed by atoms with van der Waals surface area (Å²) in [5.41, 5.74) is 0. The van der Waals surface area contributed by atoms with Gasteiger partial charge in [0.05, 0.1) is 60.6 Å². The fourth-order valence-corrected chi connectivity index (χ4v) is 2.24. The van der Waals surface area contributed by atoms with Crippen LogP contribution in [-0.2, 0) is 32.7 Å². The van der Waals surface area contributed by atoms with Gasteiger partial charge in [-0.05, 0) is 0 Å². The molecule has 0 spiro atoms. The number of hydrogen-bond donors (Lipinski definition) is 2. The van der Waals surface area contributed by atoms with Crippen LogP contribution in [0.3, 0.4) is 0 Å². The van der Waals surface area contributed by atoms with E-state index in [9.17, 15) is 19.0 Å². The summed E-state index contributed by atoms with van der Waals surface area (Å²) in [6.45, 7) is 1.53. The maximum Gasteiger partial charge on any atom is 0.303 e. The first kappa shape index (κ1) is 25.9. The average molecular weight is 414 g/mol. The predicted octanol–water partition coefficient (Wildman–Crippen LogP) is -0.792. The van der Waals surface area contributed by atoms with Crippen LogP contribution < -0.4 is 10.2 Å². The molecule has 1 unspecified atom stereocenters. The molecule has 0 fully saturated rings. The molecule has 0 aromatic carbocycles. The summed E-state index contributed by atoms with van der Waals surface area (Å²) in [6.07, 6.45) is -0.277. The first-order chi connectivity index (χ1) is 12.5. The molecule has 0 saturated carbocycles. The van der Waals surface area contributed by atoms with E-state index in [0.29, 0.717) is 11.0 Å². The summed E-state index contributed by atoms with van der Waals surface area (Å²) in [7, 11) is 1.44. The number of amides is 1. The predicted molar refractivity (Wildman–Crippen MR) is 93.9 cm³/mol. The van der Waals surface area contributed by atoms with Gasteiger partial charge in [-0.2, -0.15) is 0 Å². The van der Waals surface area contributed by atoms with Gasteiger partial charge in [-0.1, -0.05) is 0 Å². The third kappa shape index (κ3) is 19.5. The van der Waals surface area contributed by atoms with Crippen LogP contribution in [0.25, 0.3) is 0 Å². The van der Waals surface area contributed by atoms with E-state index < -0.39 is 13.8 Å². The zero-order chi connectivity index (χ0) is 20.8. The fraction of sp³-hybridized carbons (Fsp3) is 0.867. The standard InChI is InChI=1S/C15H31N2O9P/c1-17(2,3)7-9-25-27(21,22)26-13-12-24-11-10-23-8-6-16-14(18)4-5-15(19)20/h4-13H2,1-3H3,(H2-,16,18,19,20,21,22). The van der Waals surface area contributed by atoms with Crippen molar-refractivity contribution in [3.8, 4) is 0 Å². The van der Waals surface area contributed by atoms with Crippen molar-refractivity contribution >= 4 is 19.7 Å². The van der Waals surface area contributed by atoms with Crippen molar-refractivity contribution in [3.63, 3.8) is 0 Å². The molecule has 160 valence electrons. The number of phosphoric ester groups is 1. The lowest BCUT2D eigenvalue weighted by Crippen LogP contribution is -2.37. The van der Waals surface area contributed by atoms with Gasteiger partial charge < -0.3 is 38.3 Å². The molecule has 0 aliphatic carbocycles. The normalized spacial score (nSPS) is 13.9. The largest absolute Gasteiger partial charge is 0.756 e. The van der Waals surface area contributed by atoms with Gasteiger partial charge >= 0.3 is 5.97 Å². The van der Waals surface area contributed by atoms with Gasteiger partial charge in [0.1, 0.15) is 13.2 Å². The minimum absolute atomic E-state index is 0.0474. The van der Waals surface area contributed by atoms with E-state index >= 15 is 0 Å². The van der Waals surface area contributed by atoms with E-state index in [0.717, 1.165) is 0 Å². The first-order valence-electron chi connectivity index (χ1n) is 8.56. The van der Waals surface area contributed by atoms with Gasteiger partial charge in [0.25, 0.3) is 7.82 Å². The fourth-order valence-electron chi connectivity index (χ4n) is 1.57. The number of likely N-dealkylation sites (N-methyl/N-ethyl adjacent to an activating group) is 1. The van der Waals surface area contributed by atoms with Gasteiger partial charge in [0, 0.05) is 13.0 Å². The molecule has 0 aliphatic rings. The molecule has 0 rings (SSSR count). The molecule has 1 amide bonds. The lowest BCUT2D eigenvalue weighted by atomic mass is 10.3. The highest BCUT2D eigenvalue weighted by molar-refractivity contribution is 7.45. The van der Waals surface area contributed by atoms with Crippen LogP contribution in [0.2, 0.25) is 0 Å². The smallest absolute Gasteiger partial charge is 0.303 e. The Morgan fingerprint density at radius 3 is 2.11 bits per heavy atom. The van der Waals surface area contributed by atoms with Crippen molar-refractivity contribution in [1.82, 2.24) is 5.32 Å². The second kappa shape index (κ2) is 14.0. The molecule has 11 nitrogen and oxygen atoms in total. The number of nitrogens with zero attached hydrogens (tertiary/aromatic N) is 1. The second-order valence-electron chi connectivity index (χ2n) is 6.60. The third-order valence-corrected chi connectivity index (χ3v) is 3.99. The van der Waals surface area contributed by atoms with Crippen LogP contribution in [0, 0.1) is 0 Å². The molecule has 0 saturated heterocycles. The molecule has 2 N–H and O–H groups in total. The van der Waals surface area contributed by atoms with Crippen LogP contribution in [0.4, 0.5) is 0 Å². The number of nitrogens with one attached hydrogen (secondary N) is 1. The van der Waals surface area contributed by atoms with Crippen LogP contribution in [0.15, 0.2) is 0 Å². The molecule has 0 aliphatic heterocycles. The number of phosphoric acid groups is 1. The molecular formula is C15H31N2O9P. The van der Waals surface area contributed by atoms with E-state index in [1.54, 1.807) is 0 Å². The molecular weight excluding hydrogens is 383 g/mol. The molecule has 0 heterocycles. The number of carbonyl (C=O) groups is 2. The molecule has 0 aromatic heterocycles. The highest BCUT2D eigenvalue weighted by atomic mass is 31.2. The van der Waals surface area contributed by atoms with E-state index in [2.05, 4.69) is 9.84 Å². The van der Waals surface area contributed by atoms with Crippen molar-refractivity contribution in [1.29, 1.82) is 0 Å². The third-order valence-electron chi connectivity index (χ3n) is 3.00. The lowest BCUT2D eigenvalue weighted by molar-refractivity contribution is -0.870. The van der Waals surface area contributed by atoms with Crippen LogP contribution in [0.1, 0.15) is 12.8 Å². The summed E-state index contributed by atoms with van der Waals surface area (Å²) in [5, 5.41) is 11.0. The average Bonchev–Trinajstić information content (AvgIpc) is 2.53. The minimum Gasteiger partial charge on any atom is -0.756 e. The molecule has 0 radical (unpaired) electrons. The van der Waals surface area contributed by atoms with Gasteiger partial charge in [-0.3, -0.25) is 14.2 Å².